The van der Waals surface area contributed by atoms with Gasteiger partial charge in [0.2, 0.25) is 0 Å². The van der Waals surface area contributed by atoms with E-state index in [1.54, 1.807) is 0 Å². The quantitative estimate of drug-likeness (QED) is 0.850. The van der Waals surface area contributed by atoms with Crippen molar-refractivity contribution in [2.45, 2.75) is 32.7 Å². The molecule has 1 amide bonds. The third kappa shape index (κ3) is 1.90. The van der Waals surface area contributed by atoms with Crippen LogP contribution in [0.5, 0.6) is 0 Å². The van der Waals surface area contributed by atoms with Crippen molar-refractivity contribution < 1.29 is 4.79 Å². The number of amides is 1. The topological polar surface area (TPSA) is 62.1 Å². The van der Waals surface area contributed by atoms with Crippen LogP contribution in [-0.2, 0) is 0 Å². The molecule has 3 atom stereocenters. The van der Waals surface area contributed by atoms with E-state index in [-0.39, 0.29) is 11.9 Å². The fraction of sp³-hybridized carbons (Fsp3) is 0.500. The summed E-state index contributed by atoms with van der Waals surface area (Å²) < 4.78 is 0. The number of hydrogen-bond donors (Lipinski definition) is 2. The van der Waals surface area contributed by atoms with Crippen LogP contribution in [0.25, 0.3) is 10.9 Å². The molecule has 1 aliphatic heterocycles. The van der Waals surface area contributed by atoms with Gasteiger partial charge in [0.25, 0.3) is 5.91 Å². The lowest BCUT2D eigenvalue weighted by Gasteiger charge is -2.19. The maximum absolute atomic E-state index is 13.0. The van der Waals surface area contributed by atoms with E-state index >= 15 is 0 Å². The number of aryl methyl sites for hydroxylation is 2. The van der Waals surface area contributed by atoms with Gasteiger partial charge >= 0.3 is 0 Å². The molecule has 2 aliphatic rings. The minimum Gasteiger partial charge on any atom is -0.358 e. The number of nitrogens with two attached hydrogens (primary N) is 1. The molecule has 4 nitrogen and oxygen atoms in total. The van der Waals surface area contributed by atoms with Crippen LogP contribution in [0.2, 0.25) is 0 Å². The number of para-hydroxylation sites is 1. The fourth-order valence-electron chi connectivity index (χ4n) is 4.30. The number of carbonyl (C=O) groups is 1. The average molecular weight is 297 g/mol. The lowest BCUT2D eigenvalue weighted by atomic mass is 9.98. The second-order valence-corrected chi connectivity index (χ2v) is 6.98. The predicted molar refractivity (Wildman–Crippen MR) is 87.9 cm³/mol. The molecule has 1 saturated carbocycles. The first kappa shape index (κ1) is 13.8. The van der Waals surface area contributed by atoms with Crippen LogP contribution in [0.3, 0.4) is 0 Å². The number of hydrogen-bond acceptors (Lipinski definition) is 2. The van der Waals surface area contributed by atoms with Crippen LogP contribution in [-0.4, -0.2) is 34.9 Å². The normalized spacial score (nSPS) is 27.6. The van der Waals surface area contributed by atoms with Gasteiger partial charge in [0.15, 0.2) is 0 Å². The number of aromatic nitrogens is 1. The molecule has 3 N–H and O–H groups in total. The smallest absolute Gasteiger partial charge is 0.256 e. The zero-order chi connectivity index (χ0) is 15.4. The Bertz CT molecular complexity index is 748. The number of nitrogens with zero attached hydrogens (tertiary/aromatic N) is 1. The van der Waals surface area contributed by atoms with Gasteiger partial charge in [0, 0.05) is 30.2 Å². The number of likely N-dealkylation sites (tertiary alicyclic amines) is 1. The number of fused-ring (bicyclic) bond motifs is 2. The average Bonchev–Trinajstić information content (AvgIpc) is 3.15. The molecular weight excluding hydrogens is 274 g/mol. The number of H-pyrrole nitrogens is 1. The van der Waals surface area contributed by atoms with E-state index in [4.69, 9.17) is 5.73 Å². The zero-order valence-corrected chi connectivity index (χ0v) is 13.2. The van der Waals surface area contributed by atoms with Crippen LogP contribution in [0, 0.1) is 25.7 Å². The SMILES string of the molecule is Cc1[nH]c2c(C(=O)N3CC4CCC(N)C4C3)cccc2c1C. The molecule has 2 fully saturated rings. The van der Waals surface area contributed by atoms with Crippen molar-refractivity contribution in [3.63, 3.8) is 0 Å². The van der Waals surface area contributed by atoms with E-state index < -0.39 is 0 Å². The van der Waals surface area contributed by atoms with Crippen LogP contribution in [0.4, 0.5) is 0 Å². The highest BCUT2D eigenvalue weighted by atomic mass is 16.2. The minimum atomic E-state index is 0.147. The summed E-state index contributed by atoms with van der Waals surface area (Å²) in [6.07, 6.45) is 2.28. The molecule has 3 unspecified atom stereocenters. The van der Waals surface area contributed by atoms with Crippen LogP contribution >= 0.6 is 0 Å². The first-order chi connectivity index (χ1) is 10.6. The first-order valence-electron chi connectivity index (χ1n) is 8.19. The van der Waals surface area contributed by atoms with Crippen LogP contribution in [0.15, 0.2) is 18.2 Å². The van der Waals surface area contributed by atoms with Crippen molar-refractivity contribution >= 4 is 16.8 Å². The molecule has 1 aromatic heterocycles. The maximum Gasteiger partial charge on any atom is 0.256 e. The molecule has 116 valence electrons. The van der Waals surface area contributed by atoms with Gasteiger partial charge in [-0.1, -0.05) is 12.1 Å². The molecule has 0 bridgehead atoms. The minimum absolute atomic E-state index is 0.147. The van der Waals surface area contributed by atoms with Crippen LogP contribution < -0.4 is 5.73 Å². The van der Waals surface area contributed by atoms with Crippen molar-refractivity contribution in [1.82, 2.24) is 9.88 Å². The Kier molecular flexibility index (Phi) is 3.05. The second-order valence-electron chi connectivity index (χ2n) is 6.98. The summed E-state index contributed by atoms with van der Waals surface area (Å²) in [5.74, 6) is 1.24. The Balaban J connectivity index is 1.68. The van der Waals surface area contributed by atoms with Crippen molar-refractivity contribution in [3.05, 3.63) is 35.0 Å². The fourth-order valence-corrected chi connectivity index (χ4v) is 4.30. The van der Waals surface area contributed by atoms with Crippen molar-refractivity contribution in [3.8, 4) is 0 Å². The summed E-state index contributed by atoms with van der Waals surface area (Å²) in [7, 11) is 0. The van der Waals surface area contributed by atoms with Gasteiger partial charge in [-0.2, -0.15) is 0 Å². The summed E-state index contributed by atoms with van der Waals surface area (Å²) in [5.41, 5.74) is 10.3. The van der Waals surface area contributed by atoms with E-state index in [1.165, 1.54) is 12.0 Å². The van der Waals surface area contributed by atoms with Crippen molar-refractivity contribution in [2.75, 3.05) is 13.1 Å². The van der Waals surface area contributed by atoms with Gasteiger partial charge < -0.3 is 15.6 Å². The molecule has 22 heavy (non-hydrogen) atoms. The third-order valence-corrected chi connectivity index (χ3v) is 5.77. The lowest BCUT2D eigenvalue weighted by Crippen LogP contribution is -2.33. The number of nitrogens with one attached hydrogen (secondary N) is 1. The van der Waals surface area contributed by atoms with Gasteiger partial charge in [-0.05, 0) is 50.2 Å². The van der Waals surface area contributed by atoms with Gasteiger partial charge in [-0.15, -0.1) is 0 Å². The molecule has 1 aromatic carbocycles. The third-order valence-electron chi connectivity index (χ3n) is 5.77. The second kappa shape index (κ2) is 4.85. The first-order valence-corrected chi connectivity index (χ1v) is 8.19. The van der Waals surface area contributed by atoms with Gasteiger partial charge in [0.1, 0.15) is 0 Å². The highest BCUT2D eigenvalue weighted by Crippen LogP contribution is 2.38. The molecular formula is C18H23N3O. The number of carbonyl (C=O) groups excluding carboxylic acids is 1. The van der Waals surface area contributed by atoms with E-state index in [9.17, 15) is 4.79 Å². The van der Waals surface area contributed by atoms with Gasteiger partial charge in [-0.3, -0.25) is 4.79 Å². The maximum atomic E-state index is 13.0. The van der Waals surface area contributed by atoms with E-state index in [2.05, 4.69) is 24.9 Å². The van der Waals surface area contributed by atoms with Gasteiger partial charge in [-0.25, -0.2) is 0 Å². The highest BCUT2D eigenvalue weighted by Gasteiger charge is 2.42. The summed E-state index contributed by atoms with van der Waals surface area (Å²) in [5, 5.41) is 1.15. The Morgan fingerprint density at radius 1 is 1.27 bits per heavy atom. The summed E-state index contributed by atoms with van der Waals surface area (Å²) in [6, 6.07) is 6.28. The zero-order valence-electron chi connectivity index (χ0n) is 13.2. The molecule has 2 heterocycles. The molecule has 2 aromatic rings. The molecule has 4 rings (SSSR count). The van der Waals surface area contributed by atoms with Crippen LogP contribution in [0.1, 0.15) is 34.5 Å². The Morgan fingerprint density at radius 3 is 2.86 bits per heavy atom. The monoisotopic (exact) mass is 297 g/mol. The van der Waals surface area contributed by atoms with E-state index in [0.29, 0.717) is 11.8 Å². The highest BCUT2D eigenvalue weighted by molar-refractivity contribution is 6.06. The Labute approximate surface area is 130 Å². The van der Waals surface area contributed by atoms with Crippen molar-refractivity contribution in [1.29, 1.82) is 0 Å². The number of rotatable bonds is 1. The standard InChI is InChI=1S/C18H23N3O/c1-10-11(2)20-17-13(10)4-3-5-14(17)18(22)21-8-12-6-7-16(19)15(12)9-21/h3-5,12,15-16,20H,6-9,19H2,1-2H3. The van der Waals surface area contributed by atoms with E-state index in [1.807, 2.05) is 17.0 Å². The van der Waals surface area contributed by atoms with Crippen molar-refractivity contribution in [2.24, 2.45) is 17.6 Å². The largest absolute Gasteiger partial charge is 0.358 e. The van der Waals surface area contributed by atoms with Gasteiger partial charge in [0.05, 0.1) is 11.1 Å². The lowest BCUT2D eigenvalue weighted by molar-refractivity contribution is 0.0781. The molecule has 1 aliphatic carbocycles. The van der Waals surface area contributed by atoms with E-state index in [0.717, 1.165) is 41.7 Å². The summed E-state index contributed by atoms with van der Waals surface area (Å²) >= 11 is 0. The number of benzene rings is 1. The predicted octanol–water partition coefficient (Wildman–Crippen LogP) is 2.59. The summed E-state index contributed by atoms with van der Waals surface area (Å²) in [6.45, 7) is 5.84. The number of aromatic amines is 1. The Hall–Kier alpha value is -1.81. The molecule has 4 heteroatoms. The molecule has 0 spiro atoms. The molecule has 1 saturated heterocycles. The summed E-state index contributed by atoms with van der Waals surface area (Å²) in [4.78, 5) is 18.4. The Morgan fingerprint density at radius 2 is 2.09 bits per heavy atom. The molecule has 0 radical (unpaired) electrons.